The lowest BCUT2D eigenvalue weighted by molar-refractivity contribution is 0.0697. The second kappa shape index (κ2) is 4.16. The first-order valence-electron chi connectivity index (χ1n) is 4.26. The summed E-state index contributed by atoms with van der Waals surface area (Å²) in [7, 11) is 0. The van der Waals surface area contributed by atoms with Gasteiger partial charge in [0, 0.05) is 10.9 Å². The minimum atomic E-state index is -0.901. The van der Waals surface area contributed by atoms with Gasteiger partial charge in [-0.2, -0.15) is 0 Å². The van der Waals surface area contributed by atoms with E-state index in [1.807, 2.05) is 35.7 Å². The average Bonchev–Trinajstić information content (AvgIpc) is 2.61. The van der Waals surface area contributed by atoms with Gasteiger partial charge in [0.25, 0.3) is 0 Å². The van der Waals surface area contributed by atoms with E-state index < -0.39 is 5.97 Å². The van der Waals surface area contributed by atoms with Gasteiger partial charge in [0.15, 0.2) is 0 Å². The molecule has 0 atom stereocenters. The van der Waals surface area contributed by atoms with Gasteiger partial charge in [0.2, 0.25) is 0 Å². The Hall–Kier alpha value is -1.13. The Bertz CT molecular complexity index is 491. The number of benzene rings is 1. The van der Waals surface area contributed by atoms with Gasteiger partial charge in [-0.25, -0.2) is 4.79 Å². The van der Waals surface area contributed by atoms with Gasteiger partial charge in [-0.05, 0) is 21.5 Å². The first-order chi connectivity index (χ1) is 7.20. The average molecular weight is 283 g/mol. The maximum atomic E-state index is 11.1. The zero-order chi connectivity index (χ0) is 10.8. The summed E-state index contributed by atoms with van der Waals surface area (Å²) in [6, 6.07) is 9.51. The molecule has 2 nitrogen and oxygen atoms in total. The van der Waals surface area contributed by atoms with Crippen LogP contribution in [-0.2, 0) is 0 Å². The molecule has 0 aliphatic rings. The number of carbonyl (C=O) groups is 1. The summed E-state index contributed by atoms with van der Waals surface area (Å²) in [6.45, 7) is 0. The van der Waals surface area contributed by atoms with Crippen LogP contribution in [-0.4, -0.2) is 11.1 Å². The van der Waals surface area contributed by atoms with Crippen molar-refractivity contribution >= 4 is 33.2 Å². The number of carboxylic acid groups (broad SMARTS) is 1. The molecular formula is C11H7BrO2S. The molecule has 1 heterocycles. The van der Waals surface area contributed by atoms with Crippen LogP contribution in [0.1, 0.15) is 10.4 Å². The van der Waals surface area contributed by atoms with Gasteiger partial charge < -0.3 is 5.11 Å². The first-order valence-corrected chi connectivity index (χ1v) is 5.93. The molecule has 0 aliphatic carbocycles. The zero-order valence-corrected chi connectivity index (χ0v) is 10.0. The molecule has 0 fully saturated rings. The van der Waals surface area contributed by atoms with Crippen molar-refractivity contribution in [2.75, 3.05) is 0 Å². The Kier molecular flexibility index (Phi) is 2.88. The largest absolute Gasteiger partial charge is 0.478 e. The van der Waals surface area contributed by atoms with Crippen molar-refractivity contribution in [2.45, 2.75) is 0 Å². The molecule has 0 amide bonds. The minimum Gasteiger partial charge on any atom is -0.478 e. The first kappa shape index (κ1) is 10.4. The van der Waals surface area contributed by atoms with Gasteiger partial charge in [-0.3, -0.25) is 0 Å². The molecule has 15 heavy (non-hydrogen) atoms. The lowest BCUT2D eigenvalue weighted by Crippen LogP contribution is -1.96. The van der Waals surface area contributed by atoms with Crippen molar-refractivity contribution in [3.63, 3.8) is 0 Å². The second-order valence-corrected chi connectivity index (χ2v) is 5.17. The summed E-state index contributed by atoms with van der Waals surface area (Å²) < 4.78 is 0.661. The molecule has 4 heteroatoms. The monoisotopic (exact) mass is 282 g/mol. The number of thiophene rings is 1. The Morgan fingerprint density at radius 3 is 2.53 bits per heavy atom. The summed E-state index contributed by atoms with van der Waals surface area (Å²) in [5.41, 5.74) is 2.03. The second-order valence-electron chi connectivity index (χ2n) is 2.97. The molecular weight excluding hydrogens is 276 g/mol. The number of carboxylic acids is 1. The van der Waals surface area contributed by atoms with E-state index in [1.165, 1.54) is 11.3 Å². The van der Waals surface area contributed by atoms with Crippen LogP contribution in [0.3, 0.4) is 0 Å². The van der Waals surface area contributed by atoms with Crippen LogP contribution in [0, 0.1) is 0 Å². The van der Waals surface area contributed by atoms with Gasteiger partial charge in [-0.1, -0.05) is 30.3 Å². The van der Waals surface area contributed by atoms with Crippen molar-refractivity contribution in [1.29, 1.82) is 0 Å². The standard InChI is InChI=1S/C11H7BrO2S/c12-10-9(11(13)14)8(6-15-10)7-4-2-1-3-5-7/h1-6H,(H,13,14). The van der Waals surface area contributed by atoms with Crippen LogP contribution < -0.4 is 0 Å². The Morgan fingerprint density at radius 2 is 1.93 bits per heavy atom. The Morgan fingerprint density at radius 1 is 1.27 bits per heavy atom. The lowest BCUT2D eigenvalue weighted by Gasteiger charge is -2.00. The molecule has 0 aliphatic heterocycles. The Balaban J connectivity index is 2.59. The molecule has 1 aromatic carbocycles. The number of halogens is 1. The molecule has 76 valence electrons. The summed E-state index contributed by atoms with van der Waals surface area (Å²) in [4.78, 5) is 11.1. The lowest BCUT2D eigenvalue weighted by atomic mass is 10.1. The van der Waals surface area contributed by atoms with Crippen molar-refractivity contribution in [2.24, 2.45) is 0 Å². The smallest absolute Gasteiger partial charge is 0.338 e. The van der Waals surface area contributed by atoms with Gasteiger partial charge in [0.05, 0.1) is 9.35 Å². The number of hydrogen-bond donors (Lipinski definition) is 1. The van der Waals surface area contributed by atoms with Crippen molar-refractivity contribution in [3.05, 3.63) is 45.1 Å². The highest BCUT2D eigenvalue weighted by Crippen LogP contribution is 2.34. The summed E-state index contributed by atoms with van der Waals surface area (Å²) >= 11 is 4.64. The van der Waals surface area contributed by atoms with Crippen LogP contribution in [0.5, 0.6) is 0 Å². The van der Waals surface area contributed by atoms with Crippen LogP contribution in [0.15, 0.2) is 39.5 Å². The fourth-order valence-corrected chi connectivity index (χ4v) is 2.82. The third kappa shape index (κ3) is 1.96. The van der Waals surface area contributed by atoms with E-state index in [2.05, 4.69) is 15.9 Å². The minimum absolute atomic E-state index is 0.339. The van der Waals surface area contributed by atoms with E-state index in [0.717, 1.165) is 11.1 Å². The predicted octanol–water partition coefficient (Wildman–Crippen LogP) is 3.88. The highest BCUT2D eigenvalue weighted by molar-refractivity contribution is 9.11. The molecule has 0 unspecified atom stereocenters. The quantitative estimate of drug-likeness (QED) is 0.908. The third-order valence-corrected chi connectivity index (χ3v) is 3.77. The molecule has 1 N–H and O–H groups in total. The topological polar surface area (TPSA) is 37.3 Å². The van der Waals surface area contributed by atoms with Crippen LogP contribution in [0.2, 0.25) is 0 Å². The van der Waals surface area contributed by atoms with Gasteiger partial charge in [-0.15, -0.1) is 11.3 Å². The molecule has 0 radical (unpaired) electrons. The van der Waals surface area contributed by atoms with Crippen molar-refractivity contribution < 1.29 is 9.90 Å². The van der Waals surface area contributed by atoms with E-state index in [9.17, 15) is 4.79 Å². The fourth-order valence-electron chi connectivity index (χ4n) is 1.36. The predicted molar refractivity (Wildman–Crippen MR) is 64.4 cm³/mol. The van der Waals surface area contributed by atoms with Gasteiger partial charge in [0.1, 0.15) is 0 Å². The normalized spacial score (nSPS) is 10.2. The number of rotatable bonds is 2. The fraction of sp³-hybridized carbons (Fsp3) is 0. The maximum Gasteiger partial charge on any atom is 0.338 e. The third-order valence-electron chi connectivity index (χ3n) is 2.04. The molecule has 0 bridgehead atoms. The van der Waals surface area contributed by atoms with Crippen LogP contribution in [0.4, 0.5) is 0 Å². The van der Waals surface area contributed by atoms with E-state index in [4.69, 9.17) is 5.11 Å². The molecule has 2 rings (SSSR count). The molecule has 0 spiro atoms. The van der Waals surface area contributed by atoms with E-state index >= 15 is 0 Å². The summed E-state index contributed by atoms with van der Waals surface area (Å²) in [6.07, 6.45) is 0. The van der Waals surface area contributed by atoms with E-state index in [0.29, 0.717) is 9.35 Å². The van der Waals surface area contributed by atoms with E-state index in [1.54, 1.807) is 0 Å². The van der Waals surface area contributed by atoms with Gasteiger partial charge >= 0.3 is 5.97 Å². The van der Waals surface area contributed by atoms with Crippen molar-refractivity contribution in [3.8, 4) is 11.1 Å². The van der Waals surface area contributed by atoms with E-state index in [-0.39, 0.29) is 0 Å². The molecule has 2 aromatic rings. The molecule has 0 saturated heterocycles. The zero-order valence-electron chi connectivity index (χ0n) is 7.61. The highest BCUT2D eigenvalue weighted by atomic mass is 79.9. The van der Waals surface area contributed by atoms with Crippen LogP contribution in [0.25, 0.3) is 11.1 Å². The molecule has 1 aromatic heterocycles. The summed E-state index contributed by atoms with van der Waals surface area (Å²) in [5, 5.41) is 10.9. The number of aromatic carboxylic acids is 1. The Labute approximate surface area is 99.3 Å². The number of hydrogen-bond acceptors (Lipinski definition) is 2. The van der Waals surface area contributed by atoms with Crippen molar-refractivity contribution in [1.82, 2.24) is 0 Å². The molecule has 0 saturated carbocycles. The van der Waals surface area contributed by atoms with Crippen LogP contribution >= 0.6 is 27.3 Å². The maximum absolute atomic E-state index is 11.1. The summed E-state index contributed by atoms with van der Waals surface area (Å²) in [5.74, 6) is -0.901. The SMILES string of the molecule is O=C(O)c1c(-c2ccccc2)csc1Br. The highest BCUT2D eigenvalue weighted by Gasteiger charge is 2.17.